The Hall–Kier alpha value is -2.18. The molecule has 0 saturated heterocycles. The topological polar surface area (TPSA) is 86.2 Å². The highest BCUT2D eigenvalue weighted by molar-refractivity contribution is 7.89. The fourth-order valence-corrected chi connectivity index (χ4v) is 2.50. The average Bonchev–Trinajstić information content (AvgIpc) is 2.85. The smallest absolute Gasteiger partial charge is 0.212 e. The van der Waals surface area contributed by atoms with Crippen molar-refractivity contribution in [3.05, 3.63) is 59.9 Å². The Bertz CT molecular complexity index is 803. The van der Waals surface area contributed by atoms with Gasteiger partial charge in [0, 0.05) is 5.56 Å². The quantitative estimate of drug-likeness (QED) is 0.859. The molecule has 0 atom stereocenters. The molecule has 0 aliphatic rings. The van der Waals surface area contributed by atoms with Crippen LogP contribution < -0.4 is 5.14 Å². The molecule has 0 unspecified atom stereocenters. The van der Waals surface area contributed by atoms with Crippen LogP contribution >= 0.6 is 0 Å². The molecule has 2 aromatic rings. The number of nitrogens with two attached hydrogens (primary N) is 1. The summed E-state index contributed by atoms with van der Waals surface area (Å²) in [6, 6.07) is 9.67. The summed E-state index contributed by atoms with van der Waals surface area (Å²) in [5, 5.41) is 9.12. The van der Waals surface area contributed by atoms with E-state index in [4.69, 9.17) is 9.66 Å². The minimum atomic E-state index is -3.52. The van der Waals surface area contributed by atoms with Crippen LogP contribution in [0.5, 0.6) is 0 Å². The van der Waals surface area contributed by atoms with E-state index in [0.29, 0.717) is 5.76 Å². The van der Waals surface area contributed by atoms with Gasteiger partial charge in [0.05, 0.1) is 11.3 Å². The van der Waals surface area contributed by atoms with Crippen LogP contribution in [0.25, 0.3) is 16.8 Å². The summed E-state index contributed by atoms with van der Waals surface area (Å²) in [7, 11) is -3.52. The van der Waals surface area contributed by atoms with E-state index in [9.17, 15) is 8.42 Å². The molecule has 0 bridgehead atoms. The maximum absolute atomic E-state index is 11.0. The minimum absolute atomic E-state index is 0.213. The van der Waals surface area contributed by atoms with Gasteiger partial charge in [0.15, 0.2) is 0 Å². The second kappa shape index (κ2) is 6.72. The third-order valence-electron chi connectivity index (χ3n) is 3.14. The van der Waals surface area contributed by atoms with Crippen LogP contribution in [0.4, 0.5) is 0 Å². The number of rotatable bonds is 5. The van der Waals surface area contributed by atoms with Gasteiger partial charge < -0.3 is 4.52 Å². The van der Waals surface area contributed by atoms with E-state index in [0.717, 1.165) is 22.4 Å². The van der Waals surface area contributed by atoms with Gasteiger partial charge >= 0.3 is 0 Å². The predicted octanol–water partition coefficient (Wildman–Crippen LogP) is 2.90. The highest BCUT2D eigenvalue weighted by atomic mass is 32.2. The molecule has 22 heavy (non-hydrogen) atoms. The maximum Gasteiger partial charge on any atom is 0.212 e. The molecule has 1 heterocycles. The molecule has 6 heteroatoms. The fraction of sp³-hybridized carbons (Fsp3) is 0.188. The molecule has 2 rings (SSSR count). The Morgan fingerprint density at radius 1 is 1.32 bits per heavy atom. The van der Waals surface area contributed by atoms with Crippen molar-refractivity contribution in [2.24, 2.45) is 5.14 Å². The lowest BCUT2D eigenvalue weighted by Gasteiger charge is -2.04. The molecule has 2 N–H and O–H groups in total. The number of nitrogens with zero attached hydrogens (tertiary/aromatic N) is 1. The van der Waals surface area contributed by atoms with E-state index in [-0.39, 0.29) is 5.75 Å². The summed E-state index contributed by atoms with van der Waals surface area (Å²) in [6.45, 7) is 3.70. The van der Waals surface area contributed by atoms with Crippen molar-refractivity contribution in [2.45, 2.75) is 13.8 Å². The van der Waals surface area contributed by atoms with Gasteiger partial charge in [-0.2, -0.15) is 0 Å². The summed E-state index contributed by atoms with van der Waals surface area (Å²) in [5.41, 5.74) is 3.35. The van der Waals surface area contributed by atoms with Crippen LogP contribution in [0.15, 0.2) is 53.1 Å². The molecule has 1 aromatic heterocycles. The van der Waals surface area contributed by atoms with Crippen molar-refractivity contribution in [2.75, 3.05) is 5.75 Å². The van der Waals surface area contributed by atoms with E-state index in [1.54, 1.807) is 6.08 Å². The number of aryl methyl sites for hydroxylation is 1. The lowest BCUT2D eigenvalue weighted by atomic mass is 9.99. The standard InChI is InChI=1S/C16H18N2O3S/c1-3-13(10-7-11-22(17,19)20)15-12(2)21-18-16(15)14-8-5-4-6-9-14/h3-10H,11H2,1-2H3,(H2,17,19,20)/b10-7-,13-3+. The maximum atomic E-state index is 11.0. The van der Waals surface area contributed by atoms with Crippen LogP contribution in [-0.4, -0.2) is 19.3 Å². The molecular formula is C16H18N2O3S. The second-order valence-electron chi connectivity index (χ2n) is 4.80. The monoisotopic (exact) mass is 318 g/mol. The number of hydrogen-bond acceptors (Lipinski definition) is 4. The number of primary sulfonamides is 1. The minimum Gasteiger partial charge on any atom is -0.360 e. The van der Waals surface area contributed by atoms with E-state index in [1.807, 2.05) is 50.3 Å². The summed E-state index contributed by atoms with van der Waals surface area (Å²) >= 11 is 0. The molecule has 116 valence electrons. The predicted molar refractivity (Wildman–Crippen MR) is 87.4 cm³/mol. The molecule has 0 aliphatic carbocycles. The fourth-order valence-electron chi connectivity index (χ4n) is 2.14. The van der Waals surface area contributed by atoms with Crippen LogP contribution in [0.2, 0.25) is 0 Å². The van der Waals surface area contributed by atoms with Gasteiger partial charge in [-0.15, -0.1) is 0 Å². The molecule has 0 fully saturated rings. The number of allylic oxidation sites excluding steroid dienone is 3. The number of sulfonamides is 1. The van der Waals surface area contributed by atoms with Crippen molar-refractivity contribution in [1.82, 2.24) is 5.16 Å². The van der Waals surface area contributed by atoms with Crippen molar-refractivity contribution in [1.29, 1.82) is 0 Å². The largest absolute Gasteiger partial charge is 0.360 e. The summed E-state index contributed by atoms with van der Waals surface area (Å²) in [6.07, 6.45) is 5.12. The number of hydrogen-bond donors (Lipinski definition) is 1. The third kappa shape index (κ3) is 3.93. The van der Waals surface area contributed by atoms with Gasteiger partial charge in [0.1, 0.15) is 11.5 Å². The summed E-state index contributed by atoms with van der Waals surface area (Å²) in [4.78, 5) is 0. The van der Waals surface area contributed by atoms with Crippen molar-refractivity contribution >= 4 is 15.6 Å². The molecule has 0 spiro atoms. The first-order valence-electron chi connectivity index (χ1n) is 6.77. The number of benzene rings is 1. The van der Waals surface area contributed by atoms with Gasteiger partial charge in [-0.1, -0.05) is 53.7 Å². The lowest BCUT2D eigenvalue weighted by Crippen LogP contribution is -2.14. The van der Waals surface area contributed by atoms with Gasteiger partial charge in [-0.3, -0.25) is 0 Å². The van der Waals surface area contributed by atoms with Crippen molar-refractivity contribution in [3.63, 3.8) is 0 Å². The van der Waals surface area contributed by atoms with E-state index in [2.05, 4.69) is 5.16 Å². The molecular weight excluding hydrogens is 300 g/mol. The van der Waals surface area contributed by atoms with E-state index >= 15 is 0 Å². The van der Waals surface area contributed by atoms with E-state index < -0.39 is 10.0 Å². The summed E-state index contributed by atoms with van der Waals surface area (Å²) < 4.78 is 27.4. The highest BCUT2D eigenvalue weighted by Gasteiger charge is 2.16. The lowest BCUT2D eigenvalue weighted by molar-refractivity contribution is 0.399. The van der Waals surface area contributed by atoms with Gasteiger partial charge in [-0.25, -0.2) is 13.6 Å². The first-order chi connectivity index (χ1) is 10.4. The zero-order valence-corrected chi connectivity index (χ0v) is 13.3. The Morgan fingerprint density at radius 2 is 2.00 bits per heavy atom. The number of aromatic nitrogens is 1. The van der Waals surface area contributed by atoms with Crippen molar-refractivity contribution in [3.8, 4) is 11.3 Å². The Labute approximate surface area is 130 Å². The Morgan fingerprint density at radius 3 is 2.59 bits per heavy atom. The Kier molecular flexibility index (Phi) is 4.95. The third-order valence-corrected chi connectivity index (χ3v) is 3.79. The van der Waals surface area contributed by atoms with Crippen LogP contribution in [0.1, 0.15) is 18.2 Å². The zero-order chi connectivity index (χ0) is 16.2. The molecule has 0 aliphatic heterocycles. The highest BCUT2D eigenvalue weighted by Crippen LogP contribution is 2.31. The van der Waals surface area contributed by atoms with Gasteiger partial charge in [0.2, 0.25) is 10.0 Å². The molecule has 1 aromatic carbocycles. The van der Waals surface area contributed by atoms with Crippen LogP contribution in [-0.2, 0) is 10.0 Å². The first kappa shape index (κ1) is 16.2. The van der Waals surface area contributed by atoms with Crippen molar-refractivity contribution < 1.29 is 12.9 Å². The van der Waals surface area contributed by atoms with Gasteiger partial charge in [-0.05, 0) is 19.4 Å². The molecule has 5 nitrogen and oxygen atoms in total. The average molecular weight is 318 g/mol. The van der Waals surface area contributed by atoms with Gasteiger partial charge in [0.25, 0.3) is 0 Å². The normalized spacial score (nSPS) is 13.0. The van der Waals surface area contributed by atoms with E-state index in [1.165, 1.54) is 6.08 Å². The molecule has 0 amide bonds. The SMILES string of the molecule is C/C=C(\C=C/CS(N)(=O)=O)c1c(-c2ccccc2)noc1C. The Balaban J connectivity index is 2.41. The second-order valence-corrected chi connectivity index (χ2v) is 6.46. The van der Waals surface area contributed by atoms with Crippen LogP contribution in [0.3, 0.4) is 0 Å². The zero-order valence-electron chi connectivity index (χ0n) is 12.5. The summed E-state index contributed by atoms with van der Waals surface area (Å²) in [5.74, 6) is 0.460. The molecule has 0 radical (unpaired) electrons. The first-order valence-corrected chi connectivity index (χ1v) is 8.49. The van der Waals surface area contributed by atoms with Crippen LogP contribution in [0, 0.1) is 6.92 Å². The molecule has 0 saturated carbocycles.